The molecule has 1 fully saturated rings. The molecule has 0 aromatic heterocycles. The van der Waals surface area contributed by atoms with Gasteiger partial charge >= 0.3 is 5.97 Å². The van der Waals surface area contributed by atoms with E-state index in [-0.39, 0.29) is 6.54 Å². The van der Waals surface area contributed by atoms with Crippen molar-refractivity contribution in [2.24, 2.45) is 0 Å². The third-order valence-corrected chi connectivity index (χ3v) is 4.23. The Kier molecular flexibility index (Phi) is 6.07. The number of aliphatic carboxylic acids is 1. The van der Waals surface area contributed by atoms with Gasteiger partial charge in [0.2, 0.25) is 0 Å². The number of rotatable bonds is 7. The molecule has 0 atom stereocenters. The summed E-state index contributed by atoms with van der Waals surface area (Å²) in [6, 6.07) is 6.57. The zero-order chi connectivity index (χ0) is 15.9. The van der Waals surface area contributed by atoms with Crippen LogP contribution in [0.1, 0.15) is 37.7 Å². The normalized spacial score (nSPS) is 15.5. The lowest BCUT2D eigenvalue weighted by molar-refractivity contribution is -0.135. The highest BCUT2D eigenvalue weighted by Gasteiger charge is 2.14. The van der Waals surface area contributed by atoms with Crippen LogP contribution in [0.2, 0.25) is 0 Å². The molecule has 1 aliphatic carbocycles. The van der Waals surface area contributed by atoms with E-state index in [0.29, 0.717) is 11.8 Å². The molecule has 5 nitrogen and oxygen atoms in total. The van der Waals surface area contributed by atoms with E-state index in [1.54, 1.807) is 19.1 Å². The number of ether oxygens (including phenoxy) is 1. The molecule has 1 aliphatic rings. The first-order valence-electron chi connectivity index (χ1n) is 7.93. The molecule has 0 saturated heterocycles. The summed E-state index contributed by atoms with van der Waals surface area (Å²) in [4.78, 5) is 12.5. The van der Waals surface area contributed by atoms with Crippen LogP contribution in [0.15, 0.2) is 18.2 Å². The molecule has 1 aromatic rings. The van der Waals surface area contributed by atoms with Crippen molar-refractivity contribution in [3.63, 3.8) is 0 Å². The Labute approximate surface area is 132 Å². The highest BCUT2D eigenvalue weighted by molar-refractivity contribution is 5.75. The van der Waals surface area contributed by atoms with Crippen LogP contribution >= 0.6 is 0 Å². The topological polar surface area (TPSA) is 61.8 Å². The molecular formula is C17H26N2O3. The van der Waals surface area contributed by atoms with Gasteiger partial charge in [0.15, 0.2) is 0 Å². The van der Waals surface area contributed by atoms with Gasteiger partial charge in [-0.3, -0.25) is 4.79 Å². The quantitative estimate of drug-likeness (QED) is 0.811. The summed E-state index contributed by atoms with van der Waals surface area (Å²) in [6.07, 6.45) is 6.52. The lowest BCUT2D eigenvalue weighted by atomic mass is 9.95. The maximum Gasteiger partial charge on any atom is 0.323 e. The first kappa shape index (κ1) is 16.6. The van der Waals surface area contributed by atoms with Crippen LogP contribution in [0, 0.1) is 0 Å². The fraction of sp³-hybridized carbons (Fsp3) is 0.588. The van der Waals surface area contributed by atoms with Crippen LogP contribution in [0.4, 0.5) is 5.69 Å². The highest BCUT2D eigenvalue weighted by atomic mass is 16.5. The summed E-state index contributed by atoms with van der Waals surface area (Å²) in [5, 5.41) is 12.5. The Morgan fingerprint density at radius 2 is 2.09 bits per heavy atom. The third-order valence-electron chi connectivity index (χ3n) is 4.23. The number of methoxy groups -OCH3 is 1. The predicted molar refractivity (Wildman–Crippen MR) is 87.6 cm³/mol. The maximum absolute atomic E-state index is 10.8. The Bertz CT molecular complexity index is 499. The van der Waals surface area contributed by atoms with Crippen LogP contribution in [-0.4, -0.2) is 37.8 Å². The van der Waals surface area contributed by atoms with Crippen molar-refractivity contribution in [3.05, 3.63) is 23.8 Å². The average Bonchev–Trinajstić information content (AvgIpc) is 2.53. The molecule has 5 heteroatoms. The zero-order valence-corrected chi connectivity index (χ0v) is 13.5. The number of carboxylic acids is 1. The third kappa shape index (κ3) is 4.63. The van der Waals surface area contributed by atoms with E-state index in [2.05, 4.69) is 5.32 Å². The number of benzene rings is 1. The van der Waals surface area contributed by atoms with Crippen molar-refractivity contribution in [1.82, 2.24) is 5.32 Å². The highest BCUT2D eigenvalue weighted by Crippen LogP contribution is 2.28. The van der Waals surface area contributed by atoms with Crippen molar-refractivity contribution >= 4 is 11.7 Å². The molecular weight excluding hydrogens is 280 g/mol. The van der Waals surface area contributed by atoms with Gasteiger partial charge in [0.05, 0.1) is 12.8 Å². The van der Waals surface area contributed by atoms with E-state index in [1.807, 2.05) is 18.2 Å². The molecule has 1 aromatic carbocycles. The minimum Gasteiger partial charge on any atom is -0.495 e. The van der Waals surface area contributed by atoms with E-state index in [1.165, 1.54) is 32.1 Å². The van der Waals surface area contributed by atoms with Crippen molar-refractivity contribution in [2.75, 3.05) is 25.6 Å². The summed E-state index contributed by atoms with van der Waals surface area (Å²) in [6.45, 7) is 0.778. The minimum absolute atomic E-state index is 0.0456. The number of likely N-dealkylation sites (N-methyl/N-ethyl adjacent to an activating group) is 1. The Morgan fingerprint density at radius 3 is 2.73 bits per heavy atom. The van der Waals surface area contributed by atoms with Crippen molar-refractivity contribution in [1.29, 1.82) is 0 Å². The molecule has 0 heterocycles. The number of hydrogen-bond donors (Lipinski definition) is 2. The molecule has 2 N–H and O–H groups in total. The van der Waals surface area contributed by atoms with E-state index < -0.39 is 5.97 Å². The van der Waals surface area contributed by atoms with Gasteiger partial charge in [-0.1, -0.05) is 25.3 Å². The lowest BCUT2D eigenvalue weighted by Crippen LogP contribution is -2.30. The molecule has 0 amide bonds. The van der Waals surface area contributed by atoms with Crippen LogP contribution in [-0.2, 0) is 11.3 Å². The molecule has 122 valence electrons. The molecule has 22 heavy (non-hydrogen) atoms. The second-order valence-electron chi connectivity index (χ2n) is 5.97. The monoisotopic (exact) mass is 306 g/mol. The minimum atomic E-state index is -0.854. The number of carbonyl (C=O) groups is 1. The van der Waals surface area contributed by atoms with E-state index in [4.69, 9.17) is 9.84 Å². The molecule has 0 bridgehead atoms. The standard InChI is InChI=1S/C17H26N2O3/c1-19(12-17(20)21)15-9-8-13(10-16(15)22-2)11-18-14-6-4-3-5-7-14/h8-10,14,18H,3-7,11-12H2,1-2H3,(H,20,21). The molecule has 0 spiro atoms. The molecule has 0 radical (unpaired) electrons. The van der Waals surface area contributed by atoms with E-state index in [0.717, 1.165) is 17.8 Å². The first-order valence-corrected chi connectivity index (χ1v) is 7.93. The largest absolute Gasteiger partial charge is 0.495 e. The number of carboxylic acid groups (broad SMARTS) is 1. The summed E-state index contributed by atoms with van der Waals surface area (Å²) < 4.78 is 5.42. The number of nitrogens with one attached hydrogen (secondary N) is 1. The van der Waals surface area contributed by atoms with E-state index >= 15 is 0 Å². The zero-order valence-electron chi connectivity index (χ0n) is 13.5. The Hall–Kier alpha value is -1.75. The fourth-order valence-corrected chi connectivity index (χ4v) is 3.00. The fourth-order valence-electron chi connectivity index (χ4n) is 3.00. The van der Waals surface area contributed by atoms with Gasteiger partial charge in [-0.05, 0) is 30.5 Å². The van der Waals surface area contributed by atoms with Gasteiger partial charge in [0.1, 0.15) is 12.3 Å². The second kappa shape index (κ2) is 8.03. The first-order chi connectivity index (χ1) is 10.6. The smallest absolute Gasteiger partial charge is 0.323 e. The summed E-state index contributed by atoms with van der Waals surface area (Å²) in [5.74, 6) is -0.140. The average molecular weight is 306 g/mol. The van der Waals surface area contributed by atoms with Gasteiger partial charge in [-0.15, -0.1) is 0 Å². The number of nitrogens with zero attached hydrogens (tertiary/aromatic N) is 1. The number of anilines is 1. The number of hydrogen-bond acceptors (Lipinski definition) is 4. The summed E-state index contributed by atoms with van der Waals surface area (Å²) in [7, 11) is 3.37. The predicted octanol–water partition coefficient (Wildman–Crippen LogP) is 2.64. The van der Waals surface area contributed by atoms with Crippen LogP contribution in [0.5, 0.6) is 5.75 Å². The molecule has 0 unspecified atom stereocenters. The molecule has 2 rings (SSSR count). The van der Waals surface area contributed by atoms with Crippen molar-refractivity contribution < 1.29 is 14.6 Å². The van der Waals surface area contributed by atoms with Crippen molar-refractivity contribution in [2.45, 2.75) is 44.7 Å². The molecule has 0 aliphatic heterocycles. The van der Waals surface area contributed by atoms with Crippen LogP contribution < -0.4 is 15.0 Å². The van der Waals surface area contributed by atoms with Gasteiger partial charge in [-0.2, -0.15) is 0 Å². The van der Waals surface area contributed by atoms with Gasteiger partial charge < -0.3 is 20.1 Å². The van der Waals surface area contributed by atoms with Crippen molar-refractivity contribution in [3.8, 4) is 5.75 Å². The SMILES string of the molecule is COc1cc(CNC2CCCCC2)ccc1N(C)CC(=O)O. The van der Waals surface area contributed by atoms with Gasteiger partial charge in [0.25, 0.3) is 0 Å². The van der Waals surface area contributed by atoms with Crippen LogP contribution in [0.25, 0.3) is 0 Å². The van der Waals surface area contributed by atoms with Gasteiger partial charge in [0, 0.05) is 19.6 Å². The second-order valence-corrected chi connectivity index (χ2v) is 5.97. The summed E-state index contributed by atoms with van der Waals surface area (Å²) >= 11 is 0. The lowest BCUT2D eigenvalue weighted by Gasteiger charge is -2.24. The maximum atomic E-state index is 10.8. The Balaban J connectivity index is 1.99. The summed E-state index contributed by atoms with van der Waals surface area (Å²) in [5.41, 5.74) is 1.96. The van der Waals surface area contributed by atoms with Crippen LogP contribution in [0.3, 0.4) is 0 Å². The van der Waals surface area contributed by atoms with E-state index in [9.17, 15) is 4.79 Å². The Morgan fingerprint density at radius 1 is 1.36 bits per heavy atom. The van der Waals surface area contributed by atoms with Gasteiger partial charge in [-0.25, -0.2) is 0 Å². The molecule has 1 saturated carbocycles.